The SMILES string of the molecule is CCOC(=O)c1nc(Cl)nc2cc(C(F)(F)F)ccc12. The number of aromatic nitrogens is 2. The number of esters is 1. The number of carbonyl (C=O) groups excluding carboxylic acids is 1. The molecule has 0 amide bonds. The molecule has 0 unspecified atom stereocenters. The molecule has 2 aromatic rings. The molecule has 0 spiro atoms. The summed E-state index contributed by atoms with van der Waals surface area (Å²) in [5.41, 5.74) is -1.10. The highest BCUT2D eigenvalue weighted by Gasteiger charge is 2.31. The Kier molecular flexibility index (Phi) is 3.80. The number of ether oxygens (including phenoxy) is 1. The van der Waals surface area contributed by atoms with Gasteiger partial charge in [0, 0.05) is 5.39 Å². The molecule has 0 N–H and O–H groups in total. The van der Waals surface area contributed by atoms with Crippen LogP contribution in [-0.2, 0) is 10.9 Å². The van der Waals surface area contributed by atoms with Gasteiger partial charge in [-0.1, -0.05) is 0 Å². The van der Waals surface area contributed by atoms with Crippen LogP contribution in [0.15, 0.2) is 18.2 Å². The molecule has 0 fully saturated rings. The number of halogens is 4. The first-order valence-electron chi connectivity index (χ1n) is 5.54. The summed E-state index contributed by atoms with van der Waals surface area (Å²) in [6.07, 6.45) is -4.50. The van der Waals surface area contributed by atoms with Gasteiger partial charge in [-0.25, -0.2) is 14.8 Å². The molecule has 20 heavy (non-hydrogen) atoms. The van der Waals surface area contributed by atoms with Crippen molar-refractivity contribution in [1.29, 1.82) is 0 Å². The van der Waals surface area contributed by atoms with Crippen LogP contribution in [0, 0.1) is 0 Å². The van der Waals surface area contributed by atoms with Gasteiger partial charge >= 0.3 is 12.1 Å². The fraction of sp³-hybridized carbons (Fsp3) is 0.250. The third kappa shape index (κ3) is 2.82. The average Bonchev–Trinajstić information content (AvgIpc) is 2.36. The molecular weight excluding hydrogens is 297 g/mol. The van der Waals surface area contributed by atoms with Gasteiger partial charge in [-0.3, -0.25) is 0 Å². The zero-order valence-electron chi connectivity index (χ0n) is 10.2. The van der Waals surface area contributed by atoms with Crippen molar-refractivity contribution in [3.8, 4) is 0 Å². The van der Waals surface area contributed by atoms with Crippen molar-refractivity contribution < 1.29 is 22.7 Å². The van der Waals surface area contributed by atoms with Crippen LogP contribution in [-0.4, -0.2) is 22.5 Å². The summed E-state index contributed by atoms with van der Waals surface area (Å²) in [4.78, 5) is 19.1. The molecule has 2 rings (SSSR count). The van der Waals surface area contributed by atoms with Gasteiger partial charge in [0.1, 0.15) is 0 Å². The Hall–Kier alpha value is -1.89. The van der Waals surface area contributed by atoms with Crippen molar-refractivity contribution in [2.24, 2.45) is 0 Å². The van der Waals surface area contributed by atoms with Crippen LogP contribution in [0.2, 0.25) is 5.28 Å². The molecule has 0 bridgehead atoms. The first kappa shape index (κ1) is 14.5. The van der Waals surface area contributed by atoms with E-state index < -0.39 is 17.7 Å². The third-order valence-corrected chi connectivity index (χ3v) is 2.63. The molecule has 4 nitrogen and oxygen atoms in total. The van der Waals surface area contributed by atoms with Gasteiger partial charge in [0.15, 0.2) is 5.69 Å². The minimum atomic E-state index is -4.50. The Balaban J connectivity index is 2.64. The number of hydrogen-bond acceptors (Lipinski definition) is 4. The van der Waals surface area contributed by atoms with E-state index >= 15 is 0 Å². The normalized spacial score (nSPS) is 11.7. The van der Waals surface area contributed by atoms with Crippen LogP contribution in [0.4, 0.5) is 13.2 Å². The van der Waals surface area contributed by atoms with Crippen molar-refractivity contribution in [2.45, 2.75) is 13.1 Å². The van der Waals surface area contributed by atoms with Gasteiger partial charge in [-0.2, -0.15) is 13.2 Å². The Morgan fingerprint density at radius 1 is 1.35 bits per heavy atom. The van der Waals surface area contributed by atoms with E-state index in [0.717, 1.165) is 18.2 Å². The van der Waals surface area contributed by atoms with Crippen LogP contribution in [0.1, 0.15) is 23.0 Å². The van der Waals surface area contributed by atoms with Crippen molar-refractivity contribution in [3.05, 3.63) is 34.7 Å². The van der Waals surface area contributed by atoms with Crippen LogP contribution < -0.4 is 0 Å². The van der Waals surface area contributed by atoms with Gasteiger partial charge in [0.05, 0.1) is 17.7 Å². The number of carbonyl (C=O) groups is 1. The summed E-state index contributed by atoms with van der Waals surface area (Å²) in [6.45, 7) is 1.72. The van der Waals surface area contributed by atoms with Crippen LogP contribution in [0.5, 0.6) is 0 Å². The second-order valence-electron chi connectivity index (χ2n) is 3.79. The van der Waals surface area contributed by atoms with Crippen molar-refractivity contribution >= 4 is 28.5 Å². The van der Waals surface area contributed by atoms with Gasteiger partial charge in [-0.15, -0.1) is 0 Å². The molecule has 0 atom stereocenters. The Bertz CT molecular complexity index is 674. The molecule has 0 aliphatic carbocycles. The van der Waals surface area contributed by atoms with Gasteiger partial charge in [-0.05, 0) is 36.7 Å². The molecule has 8 heteroatoms. The maximum absolute atomic E-state index is 12.6. The van der Waals surface area contributed by atoms with Crippen LogP contribution in [0.3, 0.4) is 0 Å². The number of hydrogen-bond donors (Lipinski definition) is 0. The van der Waals surface area contributed by atoms with E-state index in [0.29, 0.717) is 0 Å². The Morgan fingerprint density at radius 2 is 2.05 bits per heavy atom. The smallest absolute Gasteiger partial charge is 0.416 e. The number of fused-ring (bicyclic) bond motifs is 1. The molecular formula is C12H8ClF3N2O2. The monoisotopic (exact) mass is 304 g/mol. The zero-order chi connectivity index (χ0) is 14.9. The first-order chi connectivity index (χ1) is 9.32. The Morgan fingerprint density at radius 3 is 2.65 bits per heavy atom. The number of benzene rings is 1. The fourth-order valence-electron chi connectivity index (χ4n) is 1.63. The maximum atomic E-state index is 12.6. The lowest BCUT2D eigenvalue weighted by Crippen LogP contribution is -2.10. The van der Waals surface area contributed by atoms with Crippen LogP contribution in [0.25, 0.3) is 10.9 Å². The van der Waals surface area contributed by atoms with Crippen molar-refractivity contribution in [2.75, 3.05) is 6.61 Å². The molecule has 0 radical (unpaired) electrons. The molecule has 0 aliphatic heterocycles. The van der Waals surface area contributed by atoms with Gasteiger partial charge < -0.3 is 4.74 Å². The Labute approximate surface area is 116 Å². The lowest BCUT2D eigenvalue weighted by atomic mass is 10.1. The minimum absolute atomic E-state index is 0.0668. The summed E-state index contributed by atoms with van der Waals surface area (Å²) < 4.78 is 42.7. The topological polar surface area (TPSA) is 52.1 Å². The maximum Gasteiger partial charge on any atom is 0.416 e. The number of alkyl halides is 3. The predicted molar refractivity (Wildman–Crippen MR) is 65.5 cm³/mol. The van der Waals surface area contributed by atoms with E-state index in [1.165, 1.54) is 0 Å². The first-order valence-corrected chi connectivity index (χ1v) is 5.92. The summed E-state index contributed by atoms with van der Waals surface area (Å²) in [6, 6.07) is 2.79. The highest BCUT2D eigenvalue weighted by Crippen LogP contribution is 2.31. The number of nitrogens with zero attached hydrogens (tertiary/aromatic N) is 2. The van der Waals surface area contributed by atoms with Crippen molar-refractivity contribution in [1.82, 2.24) is 9.97 Å². The highest BCUT2D eigenvalue weighted by atomic mass is 35.5. The van der Waals surface area contributed by atoms with E-state index in [9.17, 15) is 18.0 Å². The van der Waals surface area contributed by atoms with Gasteiger partial charge in [0.25, 0.3) is 0 Å². The predicted octanol–water partition coefficient (Wildman–Crippen LogP) is 3.48. The van der Waals surface area contributed by atoms with Crippen LogP contribution >= 0.6 is 11.6 Å². The molecule has 1 aromatic heterocycles. The molecule has 106 valence electrons. The van der Waals surface area contributed by atoms with E-state index in [1.54, 1.807) is 6.92 Å². The second kappa shape index (κ2) is 5.24. The third-order valence-electron chi connectivity index (χ3n) is 2.47. The summed E-state index contributed by atoms with van der Waals surface area (Å²) in [7, 11) is 0. The highest BCUT2D eigenvalue weighted by molar-refractivity contribution is 6.29. The summed E-state index contributed by atoms with van der Waals surface area (Å²) >= 11 is 5.62. The molecule has 1 aromatic carbocycles. The molecule has 0 saturated heterocycles. The van der Waals surface area contributed by atoms with Crippen molar-refractivity contribution in [3.63, 3.8) is 0 Å². The molecule has 0 aliphatic rings. The van der Waals surface area contributed by atoms with E-state index in [1.807, 2.05) is 0 Å². The van der Waals surface area contributed by atoms with E-state index in [2.05, 4.69) is 9.97 Å². The minimum Gasteiger partial charge on any atom is -0.461 e. The quantitative estimate of drug-likeness (QED) is 0.629. The van der Waals surface area contributed by atoms with E-state index in [4.69, 9.17) is 16.3 Å². The van der Waals surface area contributed by atoms with E-state index in [-0.39, 0.29) is 28.5 Å². The second-order valence-corrected chi connectivity index (χ2v) is 4.13. The van der Waals surface area contributed by atoms with Gasteiger partial charge in [0.2, 0.25) is 5.28 Å². The summed E-state index contributed by atoms with van der Waals surface area (Å²) in [5.74, 6) is -0.762. The average molecular weight is 305 g/mol. The lowest BCUT2D eigenvalue weighted by Gasteiger charge is -2.09. The number of rotatable bonds is 2. The molecule has 0 saturated carbocycles. The zero-order valence-corrected chi connectivity index (χ0v) is 10.9. The lowest BCUT2D eigenvalue weighted by molar-refractivity contribution is -0.137. The standard InChI is InChI=1S/C12H8ClF3N2O2/c1-2-20-10(19)9-7-4-3-6(12(14,15)16)5-8(7)17-11(13)18-9/h3-5H,2H2,1H3. The fourth-order valence-corrected chi connectivity index (χ4v) is 1.81. The molecule has 1 heterocycles. The largest absolute Gasteiger partial charge is 0.461 e. The summed E-state index contributed by atoms with van der Waals surface area (Å²) in [5, 5.41) is -0.166.